The number of aromatic nitrogens is 2. The second kappa shape index (κ2) is 6.20. The van der Waals surface area contributed by atoms with Gasteiger partial charge in [-0.2, -0.15) is 0 Å². The summed E-state index contributed by atoms with van der Waals surface area (Å²) in [5, 5.41) is 10.6. The highest BCUT2D eigenvalue weighted by Gasteiger charge is 2.24. The number of rotatable bonds is 5. The van der Waals surface area contributed by atoms with E-state index in [0.29, 0.717) is 22.9 Å². The molecule has 120 valence electrons. The first kappa shape index (κ1) is 15.2. The van der Waals surface area contributed by atoms with Gasteiger partial charge in [-0.1, -0.05) is 6.07 Å². The second-order valence-electron chi connectivity index (χ2n) is 5.71. The summed E-state index contributed by atoms with van der Waals surface area (Å²) in [6, 6.07) is 7.22. The Kier molecular flexibility index (Phi) is 4.10. The minimum atomic E-state index is -0.228. The van der Waals surface area contributed by atoms with Gasteiger partial charge in [0.2, 0.25) is 17.7 Å². The lowest BCUT2D eigenvalue weighted by molar-refractivity contribution is -0.121. The van der Waals surface area contributed by atoms with Crippen molar-refractivity contribution in [1.29, 1.82) is 0 Å². The van der Waals surface area contributed by atoms with Gasteiger partial charge in [0.05, 0.1) is 6.54 Å². The molecule has 0 spiro atoms. The Hall–Kier alpha value is -2.70. The Morgan fingerprint density at radius 1 is 1.35 bits per heavy atom. The van der Waals surface area contributed by atoms with Crippen molar-refractivity contribution in [2.24, 2.45) is 0 Å². The van der Waals surface area contributed by atoms with E-state index in [2.05, 4.69) is 15.5 Å². The third-order valence-electron chi connectivity index (χ3n) is 3.55. The topological polar surface area (TPSA) is 88.3 Å². The molecule has 0 radical (unpaired) electrons. The van der Waals surface area contributed by atoms with Gasteiger partial charge in [0.25, 0.3) is 5.91 Å². The Labute approximate surface area is 133 Å². The maximum absolute atomic E-state index is 12.4. The predicted octanol–water partition coefficient (Wildman–Crippen LogP) is 1.40. The van der Waals surface area contributed by atoms with Gasteiger partial charge in [-0.15, -0.1) is 10.2 Å². The molecule has 0 bridgehead atoms. The molecule has 1 aromatic carbocycles. The van der Waals surface area contributed by atoms with E-state index < -0.39 is 0 Å². The van der Waals surface area contributed by atoms with Crippen LogP contribution < -0.4 is 5.32 Å². The number of carbonyl (C=O) groups excluding carboxylic acids is 2. The first-order valence-electron chi connectivity index (χ1n) is 7.48. The normalized spacial score (nSPS) is 13.7. The van der Waals surface area contributed by atoms with Gasteiger partial charge < -0.3 is 14.6 Å². The number of nitrogens with zero attached hydrogens (tertiary/aromatic N) is 3. The van der Waals surface area contributed by atoms with E-state index in [1.165, 1.54) is 4.90 Å². The number of benzene rings is 1. The lowest BCUT2D eigenvalue weighted by Gasteiger charge is -2.17. The molecule has 23 heavy (non-hydrogen) atoms. The summed E-state index contributed by atoms with van der Waals surface area (Å²) >= 11 is 0. The summed E-state index contributed by atoms with van der Waals surface area (Å²) in [6.07, 6.45) is 2.05. The van der Waals surface area contributed by atoms with Gasteiger partial charge in [0.15, 0.2) is 0 Å². The maximum Gasteiger partial charge on any atom is 0.254 e. The lowest BCUT2D eigenvalue weighted by Crippen LogP contribution is -2.39. The zero-order chi connectivity index (χ0) is 16.4. The third kappa shape index (κ3) is 3.74. The Bertz CT molecular complexity index is 736. The van der Waals surface area contributed by atoms with Crippen molar-refractivity contribution >= 4 is 11.8 Å². The fraction of sp³-hybridized carbons (Fsp3) is 0.375. The standard InChI is InChI=1S/C16H18N4O3/c1-10-18-19-15(23-10)11-4-3-5-12(8-11)16(22)20(2)9-14(21)17-13-6-7-13/h3-5,8,13H,6-7,9H2,1-2H3,(H,17,21). The van der Waals surface area contributed by atoms with E-state index >= 15 is 0 Å². The summed E-state index contributed by atoms with van der Waals surface area (Å²) in [4.78, 5) is 25.6. The quantitative estimate of drug-likeness (QED) is 0.901. The molecule has 0 atom stereocenters. The molecule has 1 aromatic heterocycles. The zero-order valence-corrected chi connectivity index (χ0v) is 13.1. The SMILES string of the molecule is Cc1nnc(-c2cccc(C(=O)N(C)CC(=O)NC3CC3)c2)o1. The van der Waals surface area contributed by atoms with E-state index in [1.54, 1.807) is 38.2 Å². The number of nitrogens with one attached hydrogen (secondary N) is 1. The van der Waals surface area contributed by atoms with Crippen LogP contribution in [0.15, 0.2) is 28.7 Å². The molecule has 7 nitrogen and oxygen atoms in total. The second-order valence-corrected chi connectivity index (χ2v) is 5.71. The zero-order valence-electron chi connectivity index (χ0n) is 13.1. The number of aryl methyl sites for hydroxylation is 1. The van der Waals surface area contributed by atoms with Crippen molar-refractivity contribution in [3.05, 3.63) is 35.7 Å². The highest BCUT2D eigenvalue weighted by Crippen LogP contribution is 2.20. The number of likely N-dealkylation sites (N-methyl/N-ethyl adjacent to an activating group) is 1. The van der Waals surface area contributed by atoms with E-state index in [-0.39, 0.29) is 24.4 Å². The van der Waals surface area contributed by atoms with E-state index in [4.69, 9.17) is 4.42 Å². The van der Waals surface area contributed by atoms with E-state index in [0.717, 1.165) is 12.8 Å². The van der Waals surface area contributed by atoms with Crippen molar-refractivity contribution < 1.29 is 14.0 Å². The van der Waals surface area contributed by atoms with Crippen LogP contribution in [0.4, 0.5) is 0 Å². The third-order valence-corrected chi connectivity index (χ3v) is 3.55. The van der Waals surface area contributed by atoms with Gasteiger partial charge in [-0.3, -0.25) is 9.59 Å². The van der Waals surface area contributed by atoms with Crippen LogP contribution in [0.25, 0.3) is 11.5 Å². The smallest absolute Gasteiger partial charge is 0.254 e. The van der Waals surface area contributed by atoms with Crippen molar-refractivity contribution in [3.63, 3.8) is 0 Å². The molecule has 1 aliphatic rings. The molecule has 1 saturated carbocycles. The molecular formula is C16H18N4O3. The van der Waals surface area contributed by atoms with Gasteiger partial charge >= 0.3 is 0 Å². The van der Waals surface area contributed by atoms with Gasteiger partial charge in [-0.05, 0) is 31.0 Å². The van der Waals surface area contributed by atoms with Crippen molar-refractivity contribution in [2.45, 2.75) is 25.8 Å². The first-order chi connectivity index (χ1) is 11.0. The van der Waals surface area contributed by atoms with Crippen LogP contribution in [0.3, 0.4) is 0 Å². The van der Waals surface area contributed by atoms with Crippen LogP contribution in [-0.4, -0.2) is 46.5 Å². The summed E-state index contributed by atoms with van der Waals surface area (Å²) in [7, 11) is 1.61. The molecule has 0 unspecified atom stereocenters. The van der Waals surface area contributed by atoms with Gasteiger partial charge in [-0.25, -0.2) is 0 Å². The highest BCUT2D eigenvalue weighted by molar-refractivity contribution is 5.97. The number of amides is 2. The molecule has 2 amide bonds. The first-order valence-corrected chi connectivity index (χ1v) is 7.48. The fourth-order valence-corrected chi connectivity index (χ4v) is 2.21. The molecule has 3 rings (SSSR count). The minimum absolute atomic E-state index is 0.0409. The van der Waals surface area contributed by atoms with Crippen LogP contribution in [-0.2, 0) is 4.79 Å². The Morgan fingerprint density at radius 2 is 2.13 bits per heavy atom. The predicted molar refractivity (Wildman–Crippen MR) is 82.6 cm³/mol. The Morgan fingerprint density at radius 3 is 2.78 bits per heavy atom. The molecule has 1 heterocycles. The van der Waals surface area contributed by atoms with Crippen LogP contribution in [0, 0.1) is 6.92 Å². The number of hydrogen-bond acceptors (Lipinski definition) is 5. The van der Waals surface area contributed by atoms with Crippen molar-refractivity contribution in [2.75, 3.05) is 13.6 Å². The summed E-state index contributed by atoms with van der Waals surface area (Å²) in [5.41, 5.74) is 1.15. The molecule has 1 fully saturated rings. The monoisotopic (exact) mass is 314 g/mol. The molecular weight excluding hydrogens is 296 g/mol. The average molecular weight is 314 g/mol. The molecule has 2 aromatic rings. The fourth-order valence-electron chi connectivity index (χ4n) is 2.21. The molecule has 7 heteroatoms. The average Bonchev–Trinajstić information content (AvgIpc) is 3.24. The van der Waals surface area contributed by atoms with Crippen molar-refractivity contribution in [3.8, 4) is 11.5 Å². The number of hydrogen-bond donors (Lipinski definition) is 1. The molecule has 0 aliphatic heterocycles. The lowest BCUT2D eigenvalue weighted by atomic mass is 10.1. The summed E-state index contributed by atoms with van der Waals surface area (Å²) in [6.45, 7) is 1.75. The molecule has 0 saturated heterocycles. The van der Waals surface area contributed by atoms with Crippen molar-refractivity contribution in [1.82, 2.24) is 20.4 Å². The number of carbonyl (C=O) groups is 2. The van der Waals surface area contributed by atoms with Crippen LogP contribution in [0.1, 0.15) is 29.1 Å². The van der Waals surface area contributed by atoms with E-state index in [9.17, 15) is 9.59 Å². The minimum Gasteiger partial charge on any atom is -0.421 e. The largest absolute Gasteiger partial charge is 0.421 e. The summed E-state index contributed by atoms with van der Waals surface area (Å²) in [5.74, 6) is 0.470. The molecule has 1 N–H and O–H groups in total. The summed E-state index contributed by atoms with van der Waals surface area (Å²) < 4.78 is 5.37. The Balaban J connectivity index is 1.69. The van der Waals surface area contributed by atoms with Crippen LogP contribution >= 0.6 is 0 Å². The molecule has 1 aliphatic carbocycles. The van der Waals surface area contributed by atoms with Gasteiger partial charge in [0.1, 0.15) is 0 Å². The van der Waals surface area contributed by atoms with E-state index in [1.807, 2.05) is 0 Å². The van der Waals surface area contributed by atoms with Crippen LogP contribution in [0.2, 0.25) is 0 Å². The van der Waals surface area contributed by atoms with Gasteiger partial charge in [0, 0.05) is 31.1 Å². The highest BCUT2D eigenvalue weighted by atomic mass is 16.4. The van der Waals surface area contributed by atoms with Crippen LogP contribution in [0.5, 0.6) is 0 Å². The maximum atomic E-state index is 12.4.